The molecule has 6 rings (SSSR count). The number of nitrogens with zero attached hydrogens (tertiary/aromatic N) is 2. The van der Waals surface area contributed by atoms with Crippen molar-refractivity contribution in [3.63, 3.8) is 0 Å². The molecule has 478 valence electrons. The van der Waals surface area contributed by atoms with E-state index >= 15 is 0 Å². The largest absolute Gasteiger partial charge is 0.481 e. The molecule has 0 saturated heterocycles. The fourth-order valence-corrected chi connectivity index (χ4v) is 11.9. The number of nitrogens with one attached hydrogen (secondary N) is 2. The summed E-state index contributed by atoms with van der Waals surface area (Å²) >= 11 is 0. The molecule has 3 aromatic rings. The van der Waals surface area contributed by atoms with Gasteiger partial charge in [0.05, 0.1) is 41.5 Å². The quantitative estimate of drug-likeness (QED) is 0.0247. The van der Waals surface area contributed by atoms with Crippen LogP contribution in [0.15, 0.2) is 112 Å². The van der Waals surface area contributed by atoms with E-state index in [-0.39, 0.29) is 41.2 Å². The van der Waals surface area contributed by atoms with Crippen molar-refractivity contribution in [2.75, 3.05) is 50.0 Å². The lowest BCUT2D eigenvalue weighted by molar-refractivity contribution is -0.438. The molecule has 0 radical (unpaired) electrons. The standard InChI is InChI=1S/C60H80N4O21S2/c1-59(2)41-29-37(57(77)61-31-45(67)52(73)54(75)47(69)33-65)14-22-43(41)63(26-7-5-6-13-51(71)72)49(59)24-16-35-11-10-12-36(56(35)85-39-18-20-40(21-19-39)87(82,83)84)17-25-50-60(3,4)42-30-38(15-23-44(42)64(50)27-8-9-28-86(79,80)81)58(78)62-32-46(68)53(74)55(76)48(70)34-66/h14-25,29-30,45-48,52-55,65-70,73-76H,5-13,26-28,31-34H2,1-4H3,(H4-,61,62,71,72,77,78,79,80,81,82,83,84)/p+1. The first-order valence-corrected chi connectivity index (χ1v) is 31.6. The molecule has 87 heavy (non-hydrogen) atoms. The monoisotopic (exact) mass is 1260 g/mol. The summed E-state index contributed by atoms with van der Waals surface area (Å²) in [5.41, 5.74) is 4.45. The van der Waals surface area contributed by atoms with Crippen LogP contribution in [-0.4, -0.2) is 204 Å². The third kappa shape index (κ3) is 17.5. The number of rotatable bonds is 31. The number of unbranched alkanes of at least 4 members (excludes halogenated alkanes) is 3. The van der Waals surface area contributed by atoms with Gasteiger partial charge in [0.2, 0.25) is 5.69 Å². The number of allylic oxidation sites excluding steroid dienone is 7. The lowest BCUT2D eigenvalue weighted by Gasteiger charge is -2.27. The molecule has 0 aromatic heterocycles. The zero-order chi connectivity index (χ0) is 64.3. The van der Waals surface area contributed by atoms with E-state index in [4.69, 9.17) is 4.74 Å². The minimum Gasteiger partial charge on any atom is -0.481 e. The van der Waals surface area contributed by atoms with Gasteiger partial charge in [0.1, 0.15) is 54.7 Å². The molecule has 0 bridgehead atoms. The van der Waals surface area contributed by atoms with Crippen molar-refractivity contribution in [1.82, 2.24) is 10.6 Å². The zero-order valence-electron chi connectivity index (χ0n) is 48.8. The zero-order valence-corrected chi connectivity index (χ0v) is 50.4. The third-order valence-electron chi connectivity index (χ3n) is 15.9. The summed E-state index contributed by atoms with van der Waals surface area (Å²) in [6.07, 6.45) is -3.35. The second-order valence-electron chi connectivity index (χ2n) is 23.0. The van der Waals surface area contributed by atoms with Gasteiger partial charge < -0.3 is 76.4 Å². The normalized spacial score (nSPS) is 19.6. The highest BCUT2D eigenvalue weighted by molar-refractivity contribution is 7.86. The summed E-state index contributed by atoms with van der Waals surface area (Å²) in [5, 5.41) is 114. The van der Waals surface area contributed by atoms with E-state index in [0.717, 1.165) is 17.0 Å². The number of anilines is 1. The second-order valence-corrected chi connectivity index (χ2v) is 25.9. The van der Waals surface area contributed by atoms with E-state index in [1.807, 2.05) is 56.9 Å². The first-order valence-electron chi connectivity index (χ1n) is 28.5. The maximum Gasteiger partial charge on any atom is 0.303 e. The highest BCUT2D eigenvalue weighted by Gasteiger charge is 2.45. The average Bonchev–Trinajstić information content (AvgIpc) is 1.62. The number of aliphatic carboxylic acids is 1. The van der Waals surface area contributed by atoms with Crippen LogP contribution in [0.2, 0.25) is 0 Å². The maximum absolute atomic E-state index is 13.6. The van der Waals surface area contributed by atoms with Gasteiger partial charge in [-0.25, -0.2) is 0 Å². The summed E-state index contributed by atoms with van der Waals surface area (Å²) in [6, 6.07) is 15.1. The molecule has 2 aliphatic heterocycles. The van der Waals surface area contributed by atoms with Crippen molar-refractivity contribution in [2.45, 2.75) is 150 Å². The first kappa shape index (κ1) is 69.8. The van der Waals surface area contributed by atoms with Crippen molar-refractivity contribution < 1.29 is 106 Å². The van der Waals surface area contributed by atoms with Crippen molar-refractivity contribution >= 4 is 55.1 Å². The van der Waals surface area contributed by atoms with Crippen molar-refractivity contribution in [3.8, 4) is 5.75 Å². The molecule has 0 spiro atoms. The molecule has 15 N–H and O–H groups in total. The van der Waals surface area contributed by atoms with Crippen LogP contribution >= 0.6 is 0 Å². The number of carbonyl (C=O) groups excluding carboxylic acids is 2. The second kappa shape index (κ2) is 29.8. The molecule has 2 amide bonds. The summed E-state index contributed by atoms with van der Waals surface area (Å²) in [5.74, 6) is -2.05. The van der Waals surface area contributed by atoms with E-state index < -0.39 is 130 Å². The number of carbonyl (C=O) groups is 3. The van der Waals surface area contributed by atoms with Gasteiger partial charge in [-0.1, -0.05) is 19.9 Å². The van der Waals surface area contributed by atoms with Gasteiger partial charge in [-0.15, -0.1) is 0 Å². The molecule has 27 heteroatoms. The van der Waals surface area contributed by atoms with Gasteiger partial charge in [0.25, 0.3) is 32.1 Å². The molecule has 8 atom stereocenters. The van der Waals surface area contributed by atoms with Crippen LogP contribution in [0.25, 0.3) is 0 Å². The number of carboxylic acid groups (broad SMARTS) is 1. The van der Waals surface area contributed by atoms with Crippen LogP contribution in [0, 0.1) is 0 Å². The van der Waals surface area contributed by atoms with E-state index in [9.17, 15) is 96.5 Å². The number of carboxylic acids is 1. The van der Waals surface area contributed by atoms with Crippen LogP contribution < -0.4 is 20.3 Å². The SMILES string of the molecule is CC1(C)C(/C=C/C2=C(Oc3ccc(S(=O)(=O)O)cc3)C(=C/C=C3/N(CCCCS(=O)(=O)O)c4ccc(C(=O)NCC(O)C(O)C(O)C(O)CO)cc4C3(C)C)/CCC2)=[N+](CCCCCC(=O)O)c2ccc(C(=O)NCC(O)C(O)C(O)C(O)CO)cc21. The fraction of sp³-hybridized carbons (Fsp3) is 0.500. The number of aliphatic hydroxyl groups is 10. The Bertz CT molecular complexity index is 3360. The molecular formula is C60H81N4O21S2+. The van der Waals surface area contributed by atoms with Crippen LogP contribution in [0.4, 0.5) is 11.4 Å². The fourth-order valence-electron chi connectivity index (χ4n) is 10.9. The number of hydrogen-bond donors (Lipinski definition) is 15. The number of fused-ring (bicyclic) bond motifs is 2. The molecule has 8 unspecified atom stereocenters. The lowest BCUT2D eigenvalue weighted by Crippen LogP contribution is -2.49. The van der Waals surface area contributed by atoms with Crippen molar-refractivity contribution in [3.05, 3.63) is 130 Å². The predicted octanol–water partition coefficient (Wildman–Crippen LogP) is 1.64. The third-order valence-corrected chi connectivity index (χ3v) is 17.6. The molecule has 1 aliphatic carbocycles. The Kier molecular flexibility index (Phi) is 23.9. The minimum absolute atomic E-state index is 0.0137. The smallest absolute Gasteiger partial charge is 0.303 e. The Morgan fingerprint density at radius 3 is 1.78 bits per heavy atom. The van der Waals surface area contributed by atoms with Crippen LogP contribution in [0.3, 0.4) is 0 Å². The van der Waals surface area contributed by atoms with Crippen molar-refractivity contribution in [2.24, 2.45) is 0 Å². The predicted molar refractivity (Wildman–Crippen MR) is 318 cm³/mol. The number of hydrogen-bond acceptors (Lipinski definition) is 19. The van der Waals surface area contributed by atoms with E-state index in [2.05, 4.69) is 15.2 Å². The lowest BCUT2D eigenvalue weighted by atomic mass is 9.80. The van der Waals surface area contributed by atoms with Gasteiger partial charge in [-0.3, -0.25) is 23.5 Å². The Balaban J connectivity index is 1.41. The number of amides is 2. The molecule has 3 aliphatic rings. The van der Waals surface area contributed by atoms with E-state index in [1.54, 1.807) is 30.3 Å². The van der Waals surface area contributed by atoms with Gasteiger partial charge in [-0.05, 0) is 142 Å². The maximum atomic E-state index is 13.6. The summed E-state index contributed by atoms with van der Waals surface area (Å²) in [6.45, 7) is 5.67. The van der Waals surface area contributed by atoms with Gasteiger partial charge in [0.15, 0.2) is 5.71 Å². The van der Waals surface area contributed by atoms with Gasteiger partial charge in [0, 0.05) is 78.1 Å². The molecule has 3 aromatic carbocycles. The van der Waals surface area contributed by atoms with Crippen LogP contribution in [0.5, 0.6) is 5.75 Å². The highest BCUT2D eigenvalue weighted by atomic mass is 32.2. The summed E-state index contributed by atoms with van der Waals surface area (Å²) in [7, 11) is -8.85. The van der Waals surface area contributed by atoms with E-state index in [0.29, 0.717) is 85.3 Å². The Hall–Kier alpha value is -6.28. The molecule has 25 nitrogen and oxygen atoms in total. The average molecular weight is 1260 g/mol. The molecular weight excluding hydrogens is 1180 g/mol. The highest BCUT2D eigenvalue weighted by Crippen LogP contribution is 2.49. The number of benzene rings is 3. The number of aliphatic hydroxyl groups excluding tert-OH is 10. The number of ether oxygens (including phenoxy) is 1. The van der Waals surface area contributed by atoms with E-state index in [1.165, 1.54) is 30.3 Å². The van der Waals surface area contributed by atoms with Gasteiger partial charge in [-0.2, -0.15) is 21.4 Å². The molecule has 2 heterocycles. The molecule has 0 fully saturated rings. The van der Waals surface area contributed by atoms with Crippen molar-refractivity contribution in [1.29, 1.82) is 0 Å². The Labute approximate surface area is 505 Å². The minimum atomic E-state index is -4.57. The van der Waals surface area contributed by atoms with Crippen LogP contribution in [-0.2, 0) is 35.9 Å². The topological polar surface area (TPSA) is 422 Å². The van der Waals surface area contributed by atoms with Gasteiger partial charge >= 0.3 is 5.97 Å². The first-order chi connectivity index (χ1) is 40.8. The Morgan fingerprint density at radius 1 is 0.667 bits per heavy atom. The summed E-state index contributed by atoms with van der Waals surface area (Å²) in [4.78, 5) is 40.2. The summed E-state index contributed by atoms with van der Waals surface area (Å²) < 4.78 is 75.8. The van der Waals surface area contributed by atoms with Crippen LogP contribution in [0.1, 0.15) is 117 Å². The Morgan fingerprint density at radius 2 is 1.23 bits per heavy atom. The molecule has 0 saturated carbocycles.